The van der Waals surface area contributed by atoms with Gasteiger partial charge in [0.25, 0.3) is 0 Å². The SMILES string of the molecule is CCNc1ncnc(N2CCc3sccc3C2)c1CC. The van der Waals surface area contributed by atoms with Crippen molar-refractivity contribution in [3.63, 3.8) is 0 Å². The van der Waals surface area contributed by atoms with Gasteiger partial charge in [0.1, 0.15) is 18.0 Å². The Labute approximate surface area is 123 Å². The average Bonchev–Trinajstić information content (AvgIpc) is 2.94. The average molecular weight is 288 g/mol. The van der Waals surface area contributed by atoms with Crippen LogP contribution < -0.4 is 10.2 Å². The molecule has 2 aromatic rings. The van der Waals surface area contributed by atoms with Crippen molar-refractivity contribution in [2.24, 2.45) is 0 Å². The number of nitrogens with one attached hydrogen (secondary N) is 1. The summed E-state index contributed by atoms with van der Waals surface area (Å²) in [6.07, 6.45) is 3.75. The molecule has 1 aliphatic heterocycles. The summed E-state index contributed by atoms with van der Waals surface area (Å²) in [5.74, 6) is 2.08. The zero-order valence-corrected chi connectivity index (χ0v) is 12.8. The maximum atomic E-state index is 4.55. The van der Waals surface area contributed by atoms with E-state index in [2.05, 4.69) is 45.5 Å². The summed E-state index contributed by atoms with van der Waals surface area (Å²) in [7, 11) is 0. The summed E-state index contributed by atoms with van der Waals surface area (Å²) in [4.78, 5) is 12.8. The molecule has 0 fully saturated rings. The van der Waals surface area contributed by atoms with E-state index in [1.165, 1.54) is 16.0 Å². The molecule has 4 nitrogen and oxygen atoms in total. The molecule has 20 heavy (non-hydrogen) atoms. The fraction of sp³-hybridized carbons (Fsp3) is 0.467. The van der Waals surface area contributed by atoms with Crippen LogP contribution in [0.2, 0.25) is 0 Å². The van der Waals surface area contributed by atoms with E-state index < -0.39 is 0 Å². The fourth-order valence-corrected chi connectivity index (χ4v) is 3.64. The van der Waals surface area contributed by atoms with Crippen molar-refractivity contribution in [1.82, 2.24) is 9.97 Å². The molecule has 0 bridgehead atoms. The smallest absolute Gasteiger partial charge is 0.137 e. The molecule has 0 amide bonds. The van der Waals surface area contributed by atoms with Gasteiger partial charge in [-0.25, -0.2) is 9.97 Å². The van der Waals surface area contributed by atoms with Crippen molar-refractivity contribution in [3.8, 4) is 0 Å². The van der Waals surface area contributed by atoms with Crippen molar-refractivity contribution in [1.29, 1.82) is 0 Å². The second kappa shape index (κ2) is 5.79. The Morgan fingerprint density at radius 3 is 3.05 bits per heavy atom. The van der Waals surface area contributed by atoms with Crippen LogP contribution in [0, 0.1) is 0 Å². The van der Waals surface area contributed by atoms with Crippen LogP contribution in [0.5, 0.6) is 0 Å². The van der Waals surface area contributed by atoms with Gasteiger partial charge in [0.15, 0.2) is 0 Å². The number of hydrogen-bond acceptors (Lipinski definition) is 5. The van der Waals surface area contributed by atoms with E-state index in [1.807, 2.05) is 11.3 Å². The van der Waals surface area contributed by atoms with E-state index in [0.29, 0.717) is 0 Å². The Kier molecular flexibility index (Phi) is 3.87. The molecule has 0 aliphatic carbocycles. The van der Waals surface area contributed by atoms with Crippen LogP contribution in [0.4, 0.5) is 11.6 Å². The predicted molar refractivity (Wildman–Crippen MR) is 84.6 cm³/mol. The van der Waals surface area contributed by atoms with Crippen LogP contribution in [-0.4, -0.2) is 23.1 Å². The zero-order valence-electron chi connectivity index (χ0n) is 12.0. The quantitative estimate of drug-likeness (QED) is 0.938. The molecule has 1 N–H and O–H groups in total. The Bertz CT molecular complexity index is 593. The maximum Gasteiger partial charge on any atom is 0.137 e. The highest BCUT2D eigenvalue weighted by molar-refractivity contribution is 7.10. The van der Waals surface area contributed by atoms with Crippen LogP contribution in [0.3, 0.4) is 0 Å². The van der Waals surface area contributed by atoms with Crippen LogP contribution >= 0.6 is 11.3 Å². The molecule has 0 radical (unpaired) electrons. The molecule has 0 atom stereocenters. The lowest BCUT2D eigenvalue weighted by Crippen LogP contribution is -2.31. The molecule has 0 saturated carbocycles. The number of anilines is 2. The number of aromatic nitrogens is 2. The van der Waals surface area contributed by atoms with Gasteiger partial charge in [-0.15, -0.1) is 11.3 Å². The van der Waals surface area contributed by atoms with E-state index in [4.69, 9.17) is 0 Å². The van der Waals surface area contributed by atoms with Gasteiger partial charge in [0, 0.05) is 30.1 Å². The van der Waals surface area contributed by atoms with Gasteiger partial charge in [-0.05, 0) is 36.8 Å². The van der Waals surface area contributed by atoms with Gasteiger partial charge in [-0.3, -0.25) is 0 Å². The Morgan fingerprint density at radius 2 is 2.25 bits per heavy atom. The normalized spacial score (nSPS) is 14.2. The van der Waals surface area contributed by atoms with E-state index >= 15 is 0 Å². The van der Waals surface area contributed by atoms with Gasteiger partial charge >= 0.3 is 0 Å². The van der Waals surface area contributed by atoms with Gasteiger partial charge in [-0.1, -0.05) is 6.92 Å². The molecule has 0 spiro atoms. The first-order valence-electron chi connectivity index (χ1n) is 7.21. The highest BCUT2D eigenvalue weighted by Crippen LogP contribution is 2.30. The van der Waals surface area contributed by atoms with E-state index in [9.17, 15) is 0 Å². The number of thiophene rings is 1. The summed E-state index contributed by atoms with van der Waals surface area (Å²) < 4.78 is 0. The molecule has 1 aliphatic rings. The first kappa shape index (κ1) is 13.4. The second-order valence-electron chi connectivity index (χ2n) is 4.95. The summed E-state index contributed by atoms with van der Waals surface area (Å²) in [6.45, 7) is 7.17. The minimum atomic E-state index is 0.887. The highest BCUT2D eigenvalue weighted by Gasteiger charge is 2.21. The molecule has 106 valence electrons. The summed E-state index contributed by atoms with van der Waals surface area (Å²) in [5, 5.41) is 5.54. The Hall–Kier alpha value is -1.62. The third kappa shape index (κ3) is 2.38. The zero-order chi connectivity index (χ0) is 13.9. The number of hydrogen-bond donors (Lipinski definition) is 1. The summed E-state index contributed by atoms with van der Waals surface area (Å²) in [5.41, 5.74) is 2.68. The summed E-state index contributed by atoms with van der Waals surface area (Å²) in [6, 6.07) is 2.24. The third-order valence-corrected chi connectivity index (χ3v) is 4.75. The molecular formula is C15H20N4S. The lowest BCUT2D eigenvalue weighted by Gasteiger charge is -2.30. The van der Waals surface area contributed by atoms with Crippen molar-refractivity contribution in [3.05, 3.63) is 33.8 Å². The molecule has 5 heteroatoms. The van der Waals surface area contributed by atoms with E-state index in [0.717, 1.165) is 44.1 Å². The first-order chi connectivity index (χ1) is 9.83. The van der Waals surface area contributed by atoms with Crippen LogP contribution in [0.1, 0.15) is 29.9 Å². The standard InChI is InChI=1S/C15H20N4S/c1-3-12-14(16-4-2)17-10-18-15(12)19-7-5-13-11(9-19)6-8-20-13/h6,8,10H,3-5,7,9H2,1-2H3,(H,16,17,18). The molecule has 0 unspecified atom stereocenters. The maximum absolute atomic E-state index is 4.55. The monoisotopic (exact) mass is 288 g/mol. The molecule has 0 saturated heterocycles. The van der Waals surface area contributed by atoms with Gasteiger partial charge in [-0.2, -0.15) is 0 Å². The third-order valence-electron chi connectivity index (χ3n) is 3.73. The van der Waals surface area contributed by atoms with Crippen LogP contribution in [0.25, 0.3) is 0 Å². The highest BCUT2D eigenvalue weighted by atomic mass is 32.1. The number of rotatable bonds is 4. The van der Waals surface area contributed by atoms with Crippen molar-refractivity contribution in [2.75, 3.05) is 23.3 Å². The number of fused-ring (bicyclic) bond motifs is 1. The van der Waals surface area contributed by atoms with E-state index in [1.54, 1.807) is 6.33 Å². The van der Waals surface area contributed by atoms with Crippen LogP contribution in [0.15, 0.2) is 17.8 Å². The van der Waals surface area contributed by atoms with Gasteiger partial charge < -0.3 is 10.2 Å². The van der Waals surface area contributed by atoms with Crippen molar-refractivity contribution in [2.45, 2.75) is 33.2 Å². The van der Waals surface area contributed by atoms with Gasteiger partial charge in [0.2, 0.25) is 0 Å². The Balaban J connectivity index is 1.92. The Morgan fingerprint density at radius 1 is 1.35 bits per heavy atom. The van der Waals surface area contributed by atoms with E-state index in [-0.39, 0.29) is 0 Å². The largest absolute Gasteiger partial charge is 0.370 e. The van der Waals surface area contributed by atoms with Gasteiger partial charge in [0.05, 0.1) is 0 Å². The lowest BCUT2D eigenvalue weighted by atomic mass is 10.1. The second-order valence-corrected chi connectivity index (χ2v) is 5.95. The minimum Gasteiger partial charge on any atom is -0.370 e. The fourth-order valence-electron chi connectivity index (χ4n) is 2.75. The molecule has 0 aromatic carbocycles. The topological polar surface area (TPSA) is 41.1 Å². The summed E-state index contributed by atoms with van der Waals surface area (Å²) >= 11 is 1.87. The molecular weight excluding hydrogens is 268 g/mol. The number of nitrogens with zero attached hydrogens (tertiary/aromatic N) is 3. The first-order valence-corrected chi connectivity index (χ1v) is 8.09. The van der Waals surface area contributed by atoms with Crippen molar-refractivity contribution >= 4 is 23.0 Å². The molecule has 2 aromatic heterocycles. The van der Waals surface area contributed by atoms with Crippen LogP contribution in [-0.2, 0) is 19.4 Å². The molecule has 3 rings (SSSR count). The predicted octanol–water partition coefficient (Wildman–Crippen LogP) is 3.10. The minimum absolute atomic E-state index is 0.887. The lowest BCUT2D eigenvalue weighted by molar-refractivity contribution is 0.724. The molecule has 3 heterocycles. The van der Waals surface area contributed by atoms with Crippen molar-refractivity contribution < 1.29 is 0 Å².